The summed E-state index contributed by atoms with van der Waals surface area (Å²) in [5.74, 6) is -1.17. The number of likely N-dealkylation sites (tertiary alicyclic amines) is 1. The second-order valence-corrected chi connectivity index (χ2v) is 8.63. The van der Waals surface area contributed by atoms with Crippen LogP contribution in [0.15, 0.2) is 18.2 Å². The van der Waals surface area contributed by atoms with Crippen molar-refractivity contribution in [2.75, 3.05) is 11.9 Å². The van der Waals surface area contributed by atoms with Crippen molar-refractivity contribution in [3.8, 4) is 0 Å². The molecule has 29 heavy (non-hydrogen) atoms. The Balaban J connectivity index is 1.81. The highest BCUT2D eigenvalue weighted by molar-refractivity contribution is 6.62. The molecule has 9 heteroatoms. The Kier molecular flexibility index (Phi) is 5.92. The van der Waals surface area contributed by atoms with Gasteiger partial charge in [0.2, 0.25) is 5.91 Å². The predicted molar refractivity (Wildman–Crippen MR) is 108 cm³/mol. The Labute approximate surface area is 170 Å². The zero-order chi connectivity index (χ0) is 21.4. The minimum atomic E-state index is -1.14. The number of anilines is 1. The Bertz CT molecular complexity index is 785. The van der Waals surface area contributed by atoms with Gasteiger partial charge in [-0.3, -0.25) is 9.69 Å². The molecule has 1 atom stereocenters. The molecule has 0 bridgehead atoms. The van der Waals surface area contributed by atoms with Crippen LogP contribution in [0.3, 0.4) is 0 Å². The number of hydrogen-bond donors (Lipinski definition) is 2. The highest BCUT2D eigenvalue weighted by Crippen LogP contribution is 2.37. The van der Waals surface area contributed by atoms with Crippen LogP contribution in [-0.2, 0) is 14.1 Å². The first-order valence-corrected chi connectivity index (χ1v) is 9.98. The van der Waals surface area contributed by atoms with E-state index in [-0.39, 0.29) is 11.2 Å². The molecule has 1 aromatic rings. The molecule has 1 aromatic carbocycles. The van der Waals surface area contributed by atoms with Crippen LogP contribution in [0.1, 0.15) is 53.4 Å². The van der Waals surface area contributed by atoms with Gasteiger partial charge >= 0.3 is 13.2 Å². The summed E-state index contributed by atoms with van der Waals surface area (Å²) in [6.07, 6.45) is 1.59. The summed E-state index contributed by atoms with van der Waals surface area (Å²) in [7, 11) is -0.898. The maximum absolute atomic E-state index is 15.2. The second kappa shape index (κ2) is 7.95. The normalized spacial score (nSPS) is 23.6. The summed E-state index contributed by atoms with van der Waals surface area (Å²) in [5, 5.41) is 12.0. The van der Waals surface area contributed by atoms with Crippen LogP contribution in [0.2, 0.25) is 0 Å². The molecular weight excluding hydrogens is 378 g/mol. The molecule has 0 spiro atoms. The standard InChI is InChI=1S/C20H28BFN2O5/c1-19(2)20(3,4)29-21(28-19)13-9-8-10-14(16(13)22)23-17(25)15-11-6-5-7-12-24(15)18(26)27/h8-10,15H,5-7,11-12H2,1-4H3,(H,23,25)(H,26,27). The van der Waals surface area contributed by atoms with Crippen LogP contribution < -0.4 is 10.8 Å². The molecule has 2 fully saturated rings. The van der Waals surface area contributed by atoms with Gasteiger partial charge in [0.1, 0.15) is 11.9 Å². The van der Waals surface area contributed by atoms with Crippen molar-refractivity contribution >= 4 is 30.3 Å². The zero-order valence-corrected chi connectivity index (χ0v) is 17.3. The van der Waals surface area contributed by atoms with E-state index in [1.54, 1.807) is 12.1 Å². The van der Waals surface area contributed by atoms with Gasteiger partial charge in [0.25, 0.3) is 0 Å². The maximum atomic E-state index is 15.2. The van der Waals surface area contributed by atoms with Gasteiger partial charge in [0.05, 0.1) is 16.9 Å². The van der Waals surface area contributed by atoms with E-state index in [4.69, 9.17) is 9.31 Å². The summed E-state index contributed by atoms with van der Waals surface area (Å²) in [6.45, 7) is 7.81. The minimum absolute atomic E-state index is 0.0169. The van der Waals surface area contributed by atoms with Crippen molar-refractivity contribution in [2.45, 2.75) is 70.6 Å². The number of nitrogens with one attached hydrogen (secondary N) is 1. The van der Waals surface area contributed by atoms with Gasteiger partial charge in [-0.05, 0) is 46.6 Å². The molecule has 2 aliphatic rings. The van der Waals surface area contributed by atoms with Crippen molar-refractivity contribution in [3.05, 3.63) is 24.0 Å². The monoisotopic (exact) mass is 406 g/mol. The average Bonchev–Trinajstić information content (AvgIpc) is 2.80. The zero-order valence-electron chi connectivity index (χ0n) is 17.3. The summed E-state index contributed by atoms with van der Waals surface area (Å²) in [5.41, 5.74) is -1.06. The summed E-state index contributed by atoms with van der Waals surface area (Å²) in [6, 6.07) is 3.78. The van der Waals surface area contributed by atoms with Crippen LogP contribution in [0.25, 0.3) is 0 Å². The van der Waals surface area contributed by atoms with E-state index in [1.807, 2.05) is 27.7 Å². The summed E-state index contributed by atoms with van der Waals surface area (Å²) in [4.78, 5) is 25.4. The highest BCUT2D eigenvalue weighted by Gasteiger charge is 2.52. The molecule has 2 amide bonds. The van der Waals surface area contributed by atoms with Gasteiger partial charge in [0.15, 0.2) is 0 Å². The quantitative estimate of drug-likeness (QED) is 0.754. The smallest absolute Gasteiger partial charge is 0.465 e. The third-order valence-corrected chi connectivity index (χ3v) is 6.09. The number of nitrogens with zero attached hydrogens (tertiary/aromatic N) is 1. The molecular formula is C20H28BFN2O5. The third-order valence-electron chi connectivity index (χ3n) is 6.09. The molecule has 3 rings (SSSR count). The minimum Gasteiger partial charge on any atom is -0.465 e. The first kappa shape index (κ1) is 21.6. The van der Waals surface area contributed by atoms with E-state index in [9.17, 15) is 14.7 Å². The molecule has 158 valence electrons. The largest absolute Gasteiger partial charge is 0.497 e. The van der Waals surface area contributed by atoms with Crippen molar-refractivity contribution in [1.82, 2.24) is 4.90 Å². The maximum Gasteiger partial charge on any atom is 0.497 e. The van der Waals surface area contributed by atoms with Crippen LogP contribution >= 0.6 is 0 Å². The summed E-state index contributed by atoms with van der Waals surface area (Å²) >= 11 is 0. The number of amides is 2. The van der Waals surface area contributed by atoms with Crippen molar-refractivity contribution in [2.24, 2.45) is 0 Å². The Hall–Kier alpha value is -2.13. The van der Waals surface area contributed by atoms with Crippen molar-refractivity contribution in [3.63, 3.8) is 0 Å². The predicted octanol–water partition coefficient (Wildman–Crippen LogP) is 2.99. The van der Waals surface area contributed by atoms with Gasteiger partial charge < -0.3 is 19.7 Å². The molecule has 1 unspecified atom stereocenters. The lowest BCUT2D eigenvalue weighted by atomic mass is 9.78. The number of carbonyl (C=O) groups is 2. The third kappa shape index (κ3) is 4.26. The van der Waals surface area contributed by atoms with Gasteiger partial charge in [-0.1, -0.05) is 25.0 Å². The number of carbonyl (C=O) groups excluding carboxylic acids is 1. The van der Waals surface area contributed by atoms with Crippen LogP contribution in [-0.4, -0.2) is 52.9 Å². The molecule has 2 N–H and O–H groups in total. The first-order valence-electron chi connectivity index (χ1n) is 9.98. The lowest BCUT2D eigenvalue weighted by Gasteiger charge is -2.32. The van der Waals surface area contributed by atoms with E-state index in [1.165, 1.54) is 6.07 Å². The van der Waals surface area contributed by atoms with Crippen molar-refractivity contribution in [1.29, 1.82) is 0 Å². The fourth-order valence-corrected chi connectivity index (χ4v) is 3.62. The van der Waals surface area contributed by atoms with E-state index >= 15 is 4.39 Å². The second-order valence-electron chi connectivity index (χ2n) is 8.63. The molecule has 0 radical (unpaired) electrons. The van der Waals surface area contributed by atoms with Gasteiger partial charge in [-0.25, -0.2) is 9.18 Å². The molecule has 2 saturated heterocycles. The van der Waals surface area contributed by atoms with E-state index in [0.29, 0.717) is 19.4 Å². The lowest BCUT2D eigenvalue weighted by molar-refractivity contribution is -0.120. The van der Waals surface area contributed by atoms with Gasteiger partial charge in [-0.15, -0.1) is 0 Å². The van der Waals surface area contributed by atoms with E-state index in [2.05, 4.69) is 5.32 Å². The first-order chi connectivity index (χ1) is 13.5. The topological polar surface area (TPSA) is 88.1 Å². The number of carboxylic acid groups (broad SMARTS) is 1. The highest BCUT2D eigenvalue weighted by atomic mass is 19.1. The Morgan fingerprint density at radius 1 is 1.17 bits per heavy atom. The van der Waals surface area contributed by atoms with E-state index < -0.39 is 42.2 Å². The SMILES string of the molecule is CC1(C)OB(c2cccc(NC(=O)C3CCCCCN3C(=O)O)c2F)OC1(C)C. The van der Waals surface area contributed by atoms with E-state index in [0.717, 1.165) is 17.7 Å². The molecule has 2 aliphatic heterocycles. The Morgan fingerprint density at radius 2 is 1.83 bits per heavy atom. The lowest BCUT2D eigenvalue weighted by Crippen LogP contribution is -2.46. The molecule has 2 heterocycles. The average molecular weight is 406 g/mol. The van der Waals surface area contributed by atoms with Crippen molar-refractivity contribution < 1.29 is 28.4 Å². The summed E-state index contributed by atoms with van der Waals surface area (Å²) < 4.78 is 27.0. The Morgan fingerprint density at radius 3 is 2.45 bits per heavy atom. The number of halogens is 1. The van der Waals surface area contributed by atoms with Gasteiger partial charge in [0, 0.05) is 12.0 Å². The fraction of sp³-hybridized carbons (Fsp3) is 0.600. The molecule has 0 saturated carbocycles. The van der Waals surface area contributed by atoms with Gasteiger partial charge in [-0.2, -0.15) is 0 Å². The molecule has 0 aromatic heterocycles. The number of hydrogen-bond acceptors (Lipinski definition) is 4. The van der Waals surface area contributed by atoms with Crippen LogP contribution in [0.5, 0.6) is 0 Å². The number of rotatable bonds is 3. The fourth-order valence-electron chi connectivity index (χ4n) is 3.62. The molecule has 0 aliphatic carbocycles. The molecule has 7 nitrogen and oxygen atoms in total. The van der Waals surface area contributed by atoms with Crippen LogP contribution in [0.4, 0.5) is 14.9 Å². The van der Waals surface area contributed by atoms with Crippen LogP contribution in [0, 0.1) is 5.82 Å². The number of benzene rings is 1.